The van der Waals surface area contributed by atoms with E-state index in [0.717, 1.165) is 31.6 Å². The highest BCUT2D eigenvalue weighted by Gasteiger charge is 2.32. The van der Waals surface area contributed by atoms with Crippen molar-refractivity contribution in [2.24, 2.45) is 0 Å². The van der Waals surface area contributed by atoms with Crippen LogP contribution in [0.25, 0.3) is 0 Å². The molecule has 1 unspecified atom stereocenters. The third-order valence-corrected chi connectivity index (χ3v) is 4.27. The first-order valence-electron chi connectivity index (χ1n) is 8.74. The summed E-state index contributed by atoms with van der Waals surface area (Å²) in [7, 11) is 0. The number of nitrogens with zero attached hydrogens (tertiary/aromatic N) is 2. The van der Waals surface area contributed by atoms with Gasteiger partial charge in [0.25, 0.3) is 0 Å². The van der Waals surface area contributed by atoms with Gasteiger partial charge < -0.3 is 14.7 Å². The van der Waals surface area contributed by atoms with Gasteiger partial charge in [-0.15, -0.1) is 0 Å². The van der Waals surface area contributed by atoms with E-state index < -0.39 is 11.6 Å². The van der Waals surface area contributed by atoms with Crippen molar-refractivity contribution in [1.82, 2.24) is 9.80 Å². The van der Waals surface area contributed by atoms with Crippen LogP contribution >= 0.6 is 0 Å². The van der Waals surface area contributed by atoms with Crippen LogP contribution in [0, 0.1) is 0 Å². The number of rotatable bonds is 4. The van der Waals surface area contributed by atoms with Gasteiger partial charge in [0.15, 0.2) is 0 Å². The summed E-state index contributed by atoms with van der Waals surface area (Å²) in [4.78, 5) is 27.4. The fraction of sp³-hybridized carbons (Fsp3) is 0.579. The van der Waals surface area contributed by atoms with Gasteiger partial charge in [-0.3, -0.25) is 4.90 Å². The average Bonchev–Trinajstić information content (AvgIpc) is 2.53. The lowest BCUT2D eigenvalue weighted by Crippen LogP contribution is -2.55. The number of carboxylic acid groups (broad SMARTS) is 1. The Balaban J connectivity index is 1.96. The summed E-state index contributed by atoms with van der Waals surface area (Å²) in [5, 5.41) is 8.97. The molecule has 0 radical (unpaired) electrons. The van der Waals surface area contributed by atoms with Crippen molar-refractivity contribution in [2.75, 3.05) is 19.6 Å². The van der Waals surface area contributed by atoms with Gasteiger partial charge in [-0.1, -0.05) is 19.1 Å². The highest BCUT2D eigenvalue weighted by molar-refractivity contribution is 5.87. The molecule has 1 aliphatic heterocycles. The minimum Gasteiger partial charge on any atom is -0.478 e. The normalized spacial score (nSPS) is 18.9. The van der Waals surface area contributed by atoms with E-state index in [9.17, 15) is 9.59 Å². The maximum absolute atomic E-state index is 12.4. The number of piperazine rings is 1. The molecule has 138 valence electrons. The van der Waals surface area contributed by atoms with Crippen molar-refractivity contribution in [3.63, 3.8) is 0 Å². The van der Waals surface area contributed by atoms with Crippen LogP contribution < -0.4 is 0 Å². The van der Waals surface area contributed by atoms with Gasteiger partial charge in [0, 0.05) is 32.2 Å². The van der Waals surface area contributed by atoms with E-state index in [1.807, 2.05) is 37.8 Å². The molecule has 1 amide bonds. The SMILES string of the molecule is CCC1CN(Cc2ccc(C(=O)O)cc2)CCN1C(=O)OC(C)(C)C. The first kappa shape index (κ1) is 19.2. The maximum Gasteiger partial charge on any atom is 0.410 e. The van der Waals surface area contributed by atoms with Crippen LogP contribution in [-0.4, -0.2) is 58.2 Å². The Morgan fingerprint density at radius 2 is 1.84 bits per heavy atom. The standard InChI is InChI=1S/C19H28N2O4/c1-5-16-13-20(10-11-21(16)18(24)25-19(2,3)4)12-14-6-8-15(9-7-14)17(22)23/h6-9,16H,5,10-13H2,1-4H3,(H,22,23). The molecule has 0 aliphatic carbocycles. The summed E-state index contributed by atoms with van der Waals surface area (Å²) in [6.07, 6.45) is 0.623. The van der Waals surface area contributed by atoms with E-state index in [0.29, 0.717) is 12.1 Å². The largest absolute Gasteiger partial charge is 0.478 e. The Morgan fingerprint density at radius 3 is 2.36 bits per heavy atom. The lowest BCUT2D eigenvalue weighted by molar-refractivity contribution is -0.00301. The number of carbonyl (C=O) groups excluding carboxylic acids is 1. The zero-order chi connectivity index (χ0) is 18.6. The Bertz CT molecular complexity index is 607. The monoisotopic (exact) mass is 348 g/mol. The fourth-order valence-corrected chi connectivity index (χ4v) is 2.98. The first-order chi connectivity index (χ1) is 11.7. The summed E-state index contributed by atoms with van der Waals surface area (Å²) in [6, 6.07) is 7.09. The van der Waals surface area contributed by atoms with Crippen molar-refractivity contribution >= 4 is 12.1 Å². The van der Waals surface area contributed by atoms with Crippen LogP contribution in [0.4, 0.5) is 4.79 Å². The van der Waals surface area contributed by atoms with Crippen LogP contribution in [-0.2, 0) is 11.3 Å². The molecule has 1 saturated heterocycles. The molecule has 1 aromatic rings. The minimum atomic E-state index is -0.913. The van der Waals surface area contributed by atoms with E-state index in [2.05, 4.69) is 11.8 Å². The van der Waals surface area contributed by atoms with E-state index in [1.165, 1.54) is 0 Å². The number of carbonyl (C=O) groups is 2. The summed E-state index contributed by atoms with van der Waals surface area (Å²) in [6.45, 7) is 10.7. The van der Waals surface area contributed by atoms with Gasteiger partial charge in [-0.2, -0.15) is 0 Å². The number of hydrogen-bond donors (Lipinski definition) is 1. The number of benzene rings is 1. The molecule has 1 aliphatic rings. The zero-order valence-electron chi connectivity index (χ0n) is 15.5. The predicted molar refractivity (Wildman–Crippen MR) is 95.7 cm³/mol. The van der Waals surface area contributed by atoms with Crippen molar-refractivity contribution < 1.29 is 19.4 Å². The molecule has 0 aromatic heterocycles. The van der Waals surface area contributed by atoms with E-state index >= 15 is 0 Å². The Morgan fingerprint density at radius 1 is 1.20 bits per heavy atom. The van der Waals surface area contributed by atoms with E-state index in [-0.39, 0.29) is 12.1 Å². The molecule has 25 heavy (non-hydrogen) atoms. The molecular weight excluding hydrogens is 320 g/mol. The zero-order valence-corrected chi connectivity index (χ0v) is 15.5. The molecule has 1 aromatic carbocycles. The van der Waals surface area contributed by atoms with Crippen LogP contribution in [0.2, 0.25) is 0 Å². The second-order valence-corrected chi connectivity index (χ2v) is 7.47. The molecule has 0 saturated carbocycles. The number of hydrogen-bond acceptors (Lipinski definition) is 4. The van der Waals surface area contributed by atoms with Gasteiger partial charge >= 0.3 is 12.1 Å². The van der Waals surface area contributed by atoms with Gasteiger partial charge in [0.1, 0.15) is 5.60 Å². The van der Waals surface area contributed by atoms with Crippen LogP contribution in [0.1, 0.15) is 50.0 Å². The average molecular weight is 348 g/mol. The third kappa shape index (κ3) is 5.46. The Hall–Kier alpha value is -2.08. The van der Waals surface area contributed by atoms with Crippen molar-refractivity contribution in [3.8, 4) is 0 Å². The summed E-state index contributed by atoms with van der Waals surface area (Å²) in [5.74, 6) is -0.913. The Kier molecular flexibility index (Phi) is 6.06. The molecule has 6 heteroatoms. The number of ether oxygens (including phenoxy) is 1. The summed E-state index contributed by atoms with van der Waals surface area (Å²) < 4.78 is 5.51. The molecule has 1 atom stereocenters. The fourth-order valence-electron chi connectivity index (χ4n) is 2.98. The van der Waals surface area contributed by atoms with Crippen LogP contribution in [0.5, 0.6) is 0 Å². The molecule has 1 heterocycles. The lowest BCUT2D eigenvalue weighted by atomic mass is 10.1. The summed E-state index contributed by atoms with van der Waals surface area (Å²) in [5.41, 5.74) is 0.883. The maximum atomic E-state index is 12.4. The van der Waals surface area contributed by atoms with Crippen molar-refractivity contribution in [1.29, 1.82) is 0 Å². The van der Waals surface area contributed by atoms with Gasteiger partial charge in [0.05, 0.1) is 5.56 Å². The topological polar surface area (TPSA) is 70.1 Å². The Labute approximate surface area is 149 Å². The quantitative estimate of drug-likeness (QED) is 0.905. The molecule has 0 spiro atoms. The molecule has 0 bridgehead atoms. The third-order valence-electron chi connectivity index (χ3n) is 4.27. The van der Waals surface area contributed by atoms with Gasteiger partial charge in [-0.05, 0) is 44.9 Å². The van der Waals surface area contributed by atoms with Gasteiger partial charge in [0.2, 0.25) is 0 Å². The van der Waals surface area contributed by atoms with Gasteiger partial charge in [-0.25, -0.2) is 9.59 Å². The molecule has 1 N–H and O–H groups in total. The van der Waals surface area contributed by atoms with E-state index in [1.54, 1.807) is 12.1 Å². The highest BCUT2D eigenvalue weighted by Crippen LogP contribution is 2.19. The van der Waals surface area contributed by atoms with Crippen molar-refractivity contribution in [2.45, 2.75) is 52.3 Å². The highest BCUT2D eigenvalue weighted by atomic mass is 16.6. The minimum absolute atomic E-state index is 0.127. The van der Waals surface area contributed by atoms with Crippen molar-refractivity contribution in [3.05, 3.63) is 35.4 Å². The van der Waals surface area contributed by atoms with Crippen LogP contribution in [0.3, 0.4) is 0 Å². The smallest absolute Gasteiger partial charge is 0.410 e. The van der Waals surface area contributed by atoms with E-state index in [4.69, 9.17) is 9.84 Å². The molecular formula is C19H28N2O4. The van der Waals surface area contributed by atoms with Crippen LogP contribution in [0.15, 0.2) is 24.3 Å². The predicted octanol–water partition coefficient (Wildman–Crippen LogP) is 3.22. The molecule has 2 rings (SSSR count). The number of aromatic carboxylic acids is 1. The number of amides is 1. The molecule has 6 nitrogen and oxygen atoms in total. The second kappa shape index (κ2) is 7.87. The number of carboxylic acids is 1. The lowest BCUT2D eigenvalue weighted by Gasteiger charge is -2.41. The first-order valence-corrected chi connectivity index (χ1v) is 8.74. The summed E-state index contributed by atoms with van der Waals surface area (Å²) >= 11 is 0. The second-order valence-electron chi connectivity index (χ2n) is 7.47. The molecule has 1 fully saturated rings.